The number of hydrogen-bond acceptors (Lipinski definition) is 7. The molecule has 8 nitrogen and oxygen atoms in total. The average molecular weight is 400 g/mol. The normalized spacial score (nSPS) is 23.0. The first-order valence-corrected chi connectivity index (χ1v) is 11.0. The number of morpholine rings is 1. The summed E-state index contributed by atoms with van der Waals surface area (Å²) in [6.07, 6.45) is 1.15. The molecule has 3 aliphatic heterocycles. The molecule has 2 fully saturated rings. The maximum Gasteiger partial charge on any atom is 0.208 e. The molecule has 2 saturated heterocycles. The van der Waals surface area contributed by atoms with E-state index in [0.717, 1.165) is 96.8 Å². The van der Waals surface area contributed by atoms with Crippen molar-refractivity contribution in [3.05, 3.63) is 24.3 Å². The van der Waals surface area contributed by atoms with Crippen molar-refractivity contribution >= 4 is 17.0 Å². The number of piperazine rings is 1. The number of imidazole rings is 1. The fourth-order valence-electron chi connectivity index (χ4n) is 4.65. The number of likely N-dealkylation sites (N-methyl/N-ethyl adjacent to an activating group) is 1. The second kappa shape index (κ2) is 8.57. The second-order valence-electron chi connectivity index (χ2n) is 8.45. The monoisotopic (exact) mass is 399 g/mol. The number of hydrogen-bond donors (Lipinski definition) is 0. The largest absolute Gasteiger partial charge is 0.379 e. The molecule has 0 bridgehead atoms. The Morgan fingerprint density at radius 1 is 0.897 bits per heavy atom. The van der Waals surface area contributed by atoms with Gasteiger partial charge in [0.1, 0.15) is 0 Å². The maximum absolute atomic E-state index is 5.48. The minimum absolute atomic E-state index is 0.872. The summed E-state index contributed by atoms with van der Waals surface area (Å²) in [5.41, 5.74) is 2.33. The maximum atomic E-state index is 5.48. The number of benzene rings is 1. The number of ether oxygens (including phenoxy) is 1. The number of hydrazine groups is 1. The zero-order chi connectivity index (χ0) is 19.6. The van der Waals surface area contributed by atoms with Crippen molar-refractivity contribution in [3.63, 3.8) is 0 Å². The quantitative estimate of drug-likeness (QED) is 0.742. The van der Waals surface area contributed by atoms with Gasteiger partial charge in [-0.15, -0.1) is 0 Å². The van der Waals surface area contributed by atoms with Crippen LogP contribution in [0.25, 0.3) is 11.0 Å². The molecule has 1 aromatic carbocycles. The summed E-state index contributed by atoms with van der Waals surface area (Å²) in [5, 5.41) is 5.05. The second-order valence-corrected chi connectivity index (χ2v) is 8.45. The highest BCUT2D eigenvalue weighted by Gasteiger charge is 2.30. The van der Waals surface area contributed by atoms with Gasteiger partial charge in [-0.25, -0.2) is 15.0 Å². The zero-order valence-corrected chi connectivity index (χ0v) is 17.5. The predicted molar refractivity (Wildman–Crippen MR) is 115 cm³/mol. The first-order valence-electron chi connectivity index (χ1n) is 11.0. The van der Waals surface area contributed by atoms with Crippen LogP contribution in [0.15, 0.2) is 24.3 Å². The first-order chi connectivity index (χ1) is 14.3. The van der Waals surface area contributed by atoms with Crippen LogP contribution in [-0.4, -0.2) is 109 Å². The van der Waals surface area contributed by atoms with Crippen LogP contribution in [0.4, 0.5) is 5.95 Å². The standard InChI is InChI=1S/C21H33N7O/c1-23-9-11-26(12-10-23)27-17-25(8-4-7-24-13-15-29-16-14-24)21-22-19-5-2-3-6-20(19)28(21)18-27/h2-3,5-6H,4,7-18H2,1H3. The SMILES string of the molecule is CN1CCN(N2CN(CCCN3CCOCC3)c3nc4ccccc4n3C2)CC1. The molecule has 3 aliphatic rings. The van der Waals surface area contributed by atoms with Crippen molar-refractivity contribution in [3.8, 4) is 0 Å². The van der Waals surface area contributed by atoms with Crippen molar-refractivity contribution in [2.24, 2.45) is 0 Å². The van der Waals surface area contributed by atoms with Gasteiger partial charge in [0.15, 0.2) is 0 Å². The Bertz CT molecular complexity index is 810. The molecule has 0 amide bonds. The summed E-state index contributed by atoms with van der Waals surface area (Å²) in [6, 6.07) is 8.54. The van der Waals surface area contributed by atoms with Crippen molar-refractivity contribution in [1.82, 2.24) is 29.4 Å². The summed E-state index contributed by atoms with van der Waals surface area (Å²) in [4.78, 5) is 12.4. The number of para-hydroxylation sites is 2. The molecule has 1 aromatic heterocycles. The number of aromatic nitrogens is 2. The molecular formula is C21H33N7O. The highest BCUT2D eigenvalue weighted by Crippen LogP contribution is 2.28. The van der Waals surface area contributed by atoms with Gasteiger partial charge >= 0.3 is 0 Å². The average Bonchev–Trinajstić information content (AvgIpc) is 3.14. The lowest BCUT2D eigenvalue weighted by Gasteiger charge is -2.45. The molecule has 0 unspecified atom stereocenters. The third-order valence-electron chi connectivity index (χ3n) is 6.44. The molecule has 4 heterocycles. The van der Waals surface area contributed by atoms with Gasteiger partial charge in [0.05, 0.1) is 37.6 Å². The van der Waals surface area contributed by atoms with Gasteiger partial charge in [-0.05, 0) is 25.6 Å². The van der Waals surface area contributed by atoms with Crippen molar-refractivity contribution in [2.75, 3.05) is 84.2 Å². The Balaban J connectivity index is 1.33. The lowest BCUT2D eigenvalue weighted by molar-refractivity contribution is -0.0802. The molecule has 2 aromatic rings. The molecule has 0 saturated carbocycles. The van der Waals surface area contributed by atoms with Crippen LogP contribution < -0.4 is 4.90 Å². The fourth-order valence-corrected chi connectivity index (χ4v) is 4.65. The summed E-state index contributed by atoms with van der Waals surface area (Å²) in [5.74, 6) is 1.12. The minimum Gasteiger partial charge on any atom is -0.379 e. The number of fused-ring (bicyclic) bond motifs is 3. The van der Waals surface area contributed by atoms with Gasteiger partial charge in [-0.2, -0.15) is 0 Å². The first kappa shape index (κ1) is 19.3. The van der Waals surface area contributed by atoms with Crippen LogP contribution >= 0.6 is 0 Å². The van der Waals surface area contributed by atoms with Gasteiger partial charge in [0.25, 0.3) is 0 Å². The van der Waals surface area contributed by atoms with E-state index in [4.69, 9.17) is 9.72 Å². The third-order valence-corrected chi connectivity index (χ3v) is 6.44. The molecule has 0 atom stereocenters. The third kappa shape index (κ3) is 4.13. The molecule has 29 heavy (non-hydrogen) atoms. The highest BCUT2D eigenvalue weighted by atomic mass is 16.5. The molecule has 5 rings (SSSR count). The molecule has 8 heteroatoms. The summed E-state index contributed by atoms with van der Waals surface area (Å²) in [6.45, 7) is 12.3. The van der Waals surface area contributed by atoms with Crippen LogP contribution in [-0.2, 0) is 11.4 Å². The predicted octanol–water partition coefficient (Wildman–Crippen LogP) is 0.958. The Morgan fingerprint density at radius 2 is 1.69 bits per heavy atom. The van der Waals surface area contributed by atoms with Crippen molar-refractivity contribution in [1.29, 1.82) is 0 Å². The van der Waals surface area contributed by atoms with Gasteiger partial charge in [-0.1, -0.05) is 12.1 Å². The Kier molecular flexibility index (Phi) is 5.69. The lowest BCUT2D eigenvalue weighted by Crippen LogP contribution is -2.58. The highest BCUT2D eigenvalue weighted by molar-refractivity contribution is 5.79. The van der Waals surface area contributed by atoms with Crippen molar-refractivity contribution in [2.45, 2.75) is 13.1 Å². The number of anilines is 1. The smallest absolute Gasteiger partial charge is 0.208 e. The van der Waals surface area contributed by atoms with E-state index in [-0.39, 0.29) is 0 Å². The topological polar surface area (TPSA) is 43.3 Å². The Labute approximate surface area is 173 Å². The Hall–Kier alpha value is -1.71. The van der Waals surface area contributed by atoms with E-state index in [9.17, 15) is 0 Å². The summed E-state index contributed by atoms with van der Waals surface area (Å²) >= 11 is 0. The lowest BCUT2D eigenvalue weighted by atomic mass is 10.3. The molecule has 0 N–H and O–H groups in total. The van der Waals surface area contributed by atoms with E-state index in [1.165, 1.54) is 5.52 Å². The van der Waals surface area contributed by atoms with Crippen LogP contribution in [0.2, 0.25) is 0 Å². The van der Waals surface area contributed by atoms with Gasteiger partial charge in [0.2, 0.25) is 5.95 Å². The molecule has 158 valence electrons. The van der Waals surface area contributed by atoms with Crippen LogP contribution in [0.3, 0.4) is 0 Å². The van der Waals surface area contributed by atoms with Crippen LogP contribution in [0.5, 0.6) is 0 Å². The van der Waals surface area contributed by atoms with E-state index in [1.807, 2.05) is 0 Å². The van der Waals surface area contributed by atoms with Gasteiger partial charge in [0, 0.05) is 52.4 Å². The van der Waals surface area contributed by atoms with E-state index in [2.05, 4.69) is 60.6 Å². The number of rotatable bonds is 5. The van der Waals surface area contributed by atoms with Crippen LogP contribution in [0, 0.1) is 0 Å². The molecule has 0 aliphatic carbocycles. The summed E-state index contributed by atoms with van der Waals surface area (Å²) in [7, 11) is 2.22. The van der Waals surface area contributed by atoms with E-state index in [1.54, 1.807) is 0 Å². The van der Waals surface area contributed by atoms with Crippen LogP contribution in [0.1, 0.15) is 6.42 Å². The number of nitrogens with zero attached hydrogens (tertiary/aromatic N) is 7. The van der Waals surface area contributed by atoms with E-state index in [0.29, 0.717) is 0 Å². The zero-order valence-electron chi connectivity index (χ0n) is 17.5. The molecular weight excluding hydrogens is 366 g/mol. The Morgan fingerprint density at radius 3 is 2.52 bits per heavy atom. The van der Waals surface area contributed by atoms with Gasteiger partial charge in [-0.3, -0.25) is 9.47 Å². The van der Waals surface area contributed by atoms with E-state index >= 15 is 0 Å². The fraction of sp³-hybridized carbons (Fsp3) is 0.667. The molecule has 0 spiro atoms. The van der Waals surface area contributed by atoms with Gasteiger partial charge < -0.3 is 14.5 Å². The van der Waals surface area contributed by atoms with E-state index < -0.39 is 0 Å². The summed E-state index contributed by atoms with van der Waals surface area (Å²) < 4.78 is 7.88. The van der Waals surface area contributed by atoms with Crippen molar-refractivity contribution < 1.29 is 4.74 Å². The molecule has 0 radical (unpaired) electrons. The minimum atomic E-state index is 0.872.